The number of nitrogens with zero attached hydrogens (tertiary/aromatic N) is 3. The third kappa shape index (κ3) is 1.96. The van der Waals surface area contributed by atoms with Crippen LogP contribution in [0.25, 0.3) is 11.3 Å². The molecule has 1 aliphatic rings. The third-order valence-electron chi connectivity index (χ3n) is 3.11. The van der Waals surface area contributed by atoms with Gasteiger partial charge in [0.1, 0.15) is 5.82 Å². The van der Waals surface area contributed by atoms with Gasteiger partial charge in [0.15, 0.2) is 11.2 Å². The predicted molar refractivity (Wildman–Crippen MR) is 65.5 cm³/mol. The highest BCUT2D eigenvalue weighted by Gasteiger charge is 2.43. The predicted octanol–water partition coefficient (Wildman–Crippen LogP) is 2.07. The molecule has 5 heteroatoms. The van der Waals surface area contributed by atoms with Crippen molar-refractivity contribution >= 4 is 0 Å². The molecule has 1 aromatic carbocycles. The molecule has 1 saturated heterocycles. The van der Waals surface area contributed by atoms with Crippen molar-refractivity contribution in [1.29, 1.82) is 5.26 Å². The molecule has 1 aliphatic heterocycles. The molecular formula is C14H10FN3O. The van der Waals surface area contributed by atoms with E-state index in [1.54, 1.807) is 24.4 Å². The summed E-state index contributed by atoms with van der Waals surface area (Å²) >= 11 is 0. The first-order valence-corrected chi connectivity index (χ1v) is 5.82. The zero-order chi connectivity index (χ0) is 13.3. The number of halogens is 1. The van der Waals surface area contributed by atoms with E-state index in [2.05, 4.69) is 16.0 Å². The number of hydrogen-bond acceptors (Lipinski definition) is 4. The molecule has 1 fully saturated rings. The van der Waals surface area contributed by atoms with E-state index in [1.165, 1.54) is 12.1 Å². The molecule has 0 N–H and O–H groups in total. The van der Waals surface area contributed by atoms with E-state index in [-0.39, 0.29) is 5.82 Å². The lowest BCUT2D eigenvalue weighted by Crippen LogP contribution is -2.46. The van der Waals surface area contributed by atoms with Crippen molar-refractivity contribution in [2.24, 2.45) is 0 Å². The second-order valence-electron chi connectivity index (χ2n) is 4.46. The Labute approximate surface area is 109 Å². The Morgan fingerprint density at radius 2 is 2.16 bits per heavy atom. The number of hydrogen-bond donors (Lipinski definition) is 0. The summed E-state index contributed by atoms with van der Waals surface area (Å²) in [6, 6.07) is 10.1. The smallest absolute Gasteiger partial charge is 0.163 e. The fourth-order valence-electron chi connectivity index (χ4n) is 1.95. The maximum atomic E-state index is 13.2. The van der Waals surface area contributed by atoms with Gasteiger partial charge in [0.2, 0.25) is 0 Å². The van der Waals surface area contributed by atoms with Crippen LogP contribution < -0.4 is 0 Å². The van der Waals surface area contributed by atoms with Gasteiger partial charge in [0.25, 0.3) is 0 Å². The van der Waals surface area contributed by atoms with E-state index in [0.29, 0.717) is 30.3 Å². The van der Waals surface area contributed by atoms with E-state index in [4.69, 9.17) is 4.74 Å². The fourth-order valence-corrected chi connectivity index (χ4v) is 1.95. The van der Waals surface area contributed by atoms with Gasteiger partial charge >= 0.3 is 0 Å². The number of ether oxygens (including phenoxy) is 1. The maximum Gasteiger partial charge on any atom is 0.163 e. The van der Waals surface area contributed by atoms with Crippen LogP contribution >= 0.6 is 0 Å². The van der Waals surface area contributed by atoms with E-state index >= 15 is 0 Å². The van der Waals surface area contributed by atoms with E-state index in [9.17, 15) is 9.65 Å². The molecule has 0 amide bonds. The lowest BCUT2D eigenvalue weighted by atomic mass is 9.87. The van der Waals surface area contributed by atoms with E-state index < -0.39 is 5.41 Å². The van der Waals surface area contributed by atoms with Crippen LogP contribution in [0.4, 0.5) is 4.39 Å². The summed E-state index contributed by atoms with van der Waals surface area (Å²) in [7, 11) is 0. The third-order valence-corrected chi connectivity index (χ3v) is 3.11. The average molecular weight is 255 g/mol. The Balaban J connectivity index is 2.04. The van der Waals surface area contributed by atoms with Crippen LogP contribution in [0, 0.1) is 17.1 Å². The molecule has 0 aliphatic carbocycles. The van der Waals surface area contributed by atoms with Gasteiger partial charge < -0.3 is 4.74 Å². The molecule has 0 spiro atoms. The van der Waals surface area contributed by atoms with Gasteiger partial charge in [-0.15, -0.1) is 0 Å². The molecule has 4 nitrogen and oxygen atoms in total. The summed E-state index contributed by atoms with van der Waals surface area (Å²) in [5, 5.41) is 9.23. The Morgan fingerprint density at radius 3 is 2.79 bits per heavy atom. The van der Waals surface area contributed by atoms with Crippen molar-refractivity contribution in [3.8, 4) is 17.3 Å². The summed E-state index contributed by atoms with van der Waals surface area (Å²) in [4.78, 5) is 8.51. The van der Waals surface area contributed by atoms with Crippen molar-refractivity contribution in [2.45, 2.75) is 5.41 Å². The number of benzene rings is 1. The van der Waals surface area contributed by atoms with Crippen molar-refractivity contribution in [3.63, 3.8) is 0 Å². The number of aromatic nitrogens is 2. The minimum atomic E-state index is -0.761. The van der Waals surface area contributed by atoms with Crippen LogP contribution in [-0.2, 0) is 10.2 Å². The molecule has 1 aromatic heterocycles. The van der Waals surface area contributed by atoms with Crippen molar-refractivity contribution in [3.05, 3.63) is 48.2 Å². The lowest BCUT2D eigenvalue weighted by molar-refractivity contribution is -0.0338. The first-order valence-electron chi connectivity index (χ1n) is 5.82. The monoisotopic (exact) mass is 255 g/mol. The van der Waals surface area contributed by atoms with Crippen LogP contribution in [0.3, 0.4) is 0 Å². The second-order valence-corrected chi connectivity index (χ2v) is 4.46. The zero-order valence-electron chi connectivity index (χ0n) is 10.0. The summed E-state index contributed by atoms with van der Waals surface area (Å²) in [5.74, 6) is 0.114. The molecule has 2 aromatic rings. The molecular weight excluding hydrogens is 245 g/mol. The van der Waals surface area contributed by atoms with Crippen LogP contribution in [-0.4, -0.2) is 23.2 Å². The summed E-state index contributed by atoms with van der Waals surface area (Å²) in [6.07, 6.45) is 1.58. The largest absolute Gasteiger partial charge is 0.377 e. The Morgan fingerprint density at radius 1 is 1.32 bits per heavy atom. The standard InChI is InChI=1S/C14H10FN3O/c15-11-3-1-2-10(6-11)12-4-5-17-13(18-12)14(7-16)8-19-9-14/h1-6H,8-9H2. The molecule has 94 valence electrons. The Hall–Kier alpha value is -2.32. The fraction of sp³-hybridized carbons (Fsp3) is 0.214. The van der Waals surface area contributed by atoms with Crippen molar-refractivity contribution in [2.75, 3.05) is 13.2 Å². The minimum absolute atomic E-state index is 0.302. The van der Waals surface area contributed by atoms with E-state index in [0.717, 1.165) is 0 Å². The second kappa shape index (κ2) is 4.41. The number of rotatable bonds is 2. The van der Waals surface area contributed by atoms with Crippen molar-refractivity contribution < 1.29 is 9.13 Å². The summed E-state index contributed by atoms with van der Waals surface area (Å²) in [5.41, 5.74) is 0.506. The molecule has 0 bridgehead atoms. The van der Waals surface area contributed by atoms with Crippen LogP contribution in [0.2, 0.25) is 0 Å². The Kier molecular flexibility index (Phi) is 2.73. The van der Waals surface area contributed by atoms with Gasteiger partial charge in [0, 0.05) is 11.8 Å². The molecule has 0 unspecified atom stereocenters. The SMILES string of the molecule is N#CC1(c2nccc(-c3cccc(F)c3)n2)COC1. The quantitative estimate of drug-likeness (QED) is 0.824. The first kappa shape index (κ1) is 11.8. The molecule has 19 heavy (non-hydrogen) atoms. The summed E-state index contributed by atoms with van der Waals surface area (Å²) in [6.45, 7) is 0.603. The van der Waals surface area contributed by atoms with Crippen LogP contribution in [0.15, 0.2) is 36.5 Å². The molecule has 0 radical (unpaired) electrons. The van der Waals surface area contributed by atoms with Crippen LogP contribution in [0.5, 0.6) is 0 Å². The molecule has 2 heterocycles. The molecule has 3 rings (SSSR count). The van der Waals surface area contributed by atoms with Gasteiger partial charge in [-0.1, -0.05) is 12.1 Å². The van der Waals surface area contributed by atoms with Gasteiger partial charge in [-0.25, -0.2) is 14.4 Å². The van der Waals surface area contributed by atoms with E-state index in [1.807, 2.05) is 0 Å². The lowest BCUT2D eigenvalue weighted by Gasteiger charge is -2.33. The average Bonchev–Trinajstić information content (AvgIpc) is 2.39. The van der Waals surface area contributed by atoms with Crippen LogP contribution in [0.1, 0.15) is 5.82 Å². The van der Waals surface area contributed by atoms with Gasteiger partial charge in [0.05, 0.1) is 25.0 Å². The Bertz CT molecular complexity index is 662. The highest BCUT2D eigenvalue weighted by atomic mass is 19.1. The highest BCUT2D eigenvalue weighted by Crippen LogP contribution is 2.30. The topological polar surface area (TPSA) is 58.8 Å². The summed E-state index contributed by atoms with van der Waals surface area (Å²) < 4.78 is 18.3. The van der Waals surface area contributed by atoms with Gasteiger partial charge in [-0.05, 0) is 18.2 Å². The minimum Gasteiger partial charge on any atom is -0.377 e. The van der Waals surface area contributed by atoms with Gasteiger partial charge in [-0.2, -0.15) is 5.26 Å². The maximum absolute atomic E-state index is 13.2. The number of nitriles is 1. The first-order chi connectivity index (χ1) is 9.23. The highest BCUT2D eigenvalue weighted by molar-refractivity contribution is 5.58. The van der Waals surface area contributed by atoms with Crippen molar-refractivity contribution in [1.82, 2.24) is 9.97 Å². The molecule has 0 atom stereocenters. The molecule has 0 saturated carbocycles. The zero-order valence-corrected chi connectivity index (χ0v) is 10.0. The normalized spacial score (nSPS) is 16.4. The van der Waals surface area contributed by atoms with Gasteiger partial charge in [-0.3, -0.25) is 0 Å².